The third-order valence-corrected chi connectivity index (χ3v) is 4.26. The van der Waals surface area contributed by atoms with Crippen LogP contribution in [-0.2, 0) is 16.1 Å². The maximum atomic E-state index is 12.3. The fourth-order valence-corrected chi connectivity index (χ4v) is 2.82. The smallest absolute Gasteiger partial charge is 0.223 e. The predicted molar refractivity (Wildman–Crippen MR) is 112 cm³/mol. The van der Waals surface area contributed by atoms with Crippen LogP contribution >= 0.6 is 0 Å². The zero-order valence-electron chi connectivity index (χ0n) is 16.2. The molecule has 6 nitrogen and oxygen atoms in total. The Morgan fingerprint density at radius 3 is 2.41 bits per heavy atom. The number of carbonyl (C=O) groups excluding carboxylic acids is 2. The lowest BCUT2D eigenvalue weighted by Gasteiger charge is -2.23. The first-order chi connectivity index (χ1) is 14.1. The number of nitrogens with zero attached hydrogens (tertiary/aromatic N) is 2. The summed E-state index contributed by atoms with van der Waals surface area (Å²) in [5.41, 5.74) is 1.41. The lowest BCUT2D eigenvalue weighted by atomic mass is 10.2. The van der Waals surface area contributed by atoms with Crippen LogP contribution in [0.3, 0.4) is 0 Å². The molecule has 0 unspecified atom stereocenters. The van der Waals surface area contributed by atoms with Gasteiger partial charge >= 0.3 is 0 Å². The Morgan fingerprint density at radius 1 is 0.966 bits per heavy atom. The molecule has 3 rings (SSSR count). The number of pyridine rings is 1. The molecular weight excluding hydrogens is 366 g/mol. The van der Waals surface area contributed by atoms with E-state index in [2.05, 4.69) is 10.3 Å². The van der Waals surface area contributed by atoms with E-state index in [-0.39, 0.29) is 24.8 Å². The van der Waals surface area contributed by atoms with Crippen LogP contribution in [0, 0.1) is 0 Å². The van der Waals surface area contributed by atoms with E-state index < -0.39 is 0 Å². The highest BCUT2D eigenvalue weighted by Gasteiger charge is 2.18. The van der Waals surface area contributed by atoms with Crippen molar-refractivity contribution in [3.05, 3.63) is 84.7 Å². The van der Waals surface area contributed by atoms with Gasteiger partial charge in [-0.1, -0.05) is 36.4 Å². The first kappa shape index (κ1) is 20.1. The summed E-state index contributed by atoms with van der Waals surface area (Å²) in [6, 6.07) is 22.2. The van der Waals surface area contributed by atoms with Gasteiger partial charge in [-0.25, -0.2) is 0 Å². The minimum atomic E-state index is -0.161. The van der Waals surface area contributed by atoms with Crippen LogP contribution in [0.5, 0.6) is 11.5 Å². The summed E-state index contributed by atoms with van der Waals surface area (Å²) in [6.45, 7) is 2.08. The van der Waals surface area contributed by atoms with E-state index in [0.29, 0.717) is 23.7 Å². The molecule has 0 radical (unpaired) electrons. The average molecular weight is 389 g/mol. The van der Waals surface area contributed by atoms with Crippen LogP contribution in [-0.4, -0.2) is 23.3 Å². The third kappa shape index (κ3) is 5.90. The molecule has 0 aliphatic carbocycles. The van der Waals surface area contributed by atoms with E-state index in [4.69, 9.17) is 4.74 Å². The molecule has 29 heavy (non-hydrogen) atoms. The predicted octanol–water partition coefficient (Wildman–Crippen LogP) is 3.93. The Morgan fingerprint density at radius 2 is 1.69 bits per heavy atom. The molecule has 148 valence electrons. The van der Waals surface area contributed by atoms with Crippen molar-refractivity contribution in [1.82, 2.24) is 10.3 Å². The summed E-state index contributed by atoms with van der Waals surface area (Å²) in [7, 11) is 0. The summed E-state index contributed by atoms with van der Waals surface area (Å²) >= 11 is 0. The lowest BCUT2D eigenvalue weighted by Crippen LogP contribution is -2.34. The molecule has 0 aliphatic heterocycles. The van der Waals surface area contributed by atoms with E-state index in [9.17, 15) is 9.59 Å². The first-order valence-corrected chi connectivity index (χ1v) is 9.40. The van der Waals surface area contributed by atoms with Crippen molar-refractivity contribution in [1.29, 1.82) is 0 Å². The Hall–Kier alpha value is -3.67. The number of carbonyl (C=O) groups is 2. The maximum absolute atomic E-state index is 12.3. The van der Waals surface area contributed by atoms with Gasteiger partial charge in [0.05, 0.1) is 17.9 Å². The second-order valence-corrected chi connectivity index (χ2v) is 6.40. The van der Waals surface area contributed by atoms with Gasteiger partial charge in [0.15, 0.2) is 5.75 Å². The molecular formula is C23H23N3O3. The summed E-state index contributed by atoms with van der Waals surface area (Å²) in [5, 5.41) is 2.83. The average Bonchev–Trinajstić information content (AvgIpc) is 2.75. The van der Waals surface area contributed by atoms with Crippen molar-refractivity contribution >= 4 is 17.5 Å². The molecule has 0 spiro atoms. The highest BCUT2D eigenvalue weighted by molar-refractivity contribution is 5.94. The Bertz CT molecular complexity index is 946. The monoisotopic (exact) mass is 389 g/mol. The van der Waals surface area contributed by atoms with Crippen molar-refractivity contribution in [3.63, 3.8) is 0 Å². The van der Waals surface area contributed by atoms with Crippen LogP contribution in [0.25, 0.3) is 0 Å². The van der Waals surface area contributed by atoms with Crippen molar-refractivity contribution < 1.29 is 14.3 Å². The van der Waals surface area contributed by atoms with E-state index >= 15 is 0 Å². The third-order valence-electron chi connectivity index (χ3n) is 4.26. The maximum Gasteiger partial charge on any atom is 0.223 e. The second kappa shape index (κ2) is 10.0. The molecule has 0 saturated heterocycles. The molecule has 1 N–H and O–H groups in total. The lowest BCUT2D eigenvalue weighted by molar-refractivity contribution is -0.121. The molecule has 0 saturated carbocycles. The molecule has 2 aromatic carbocycles. The normalized spacial score (nSPS) is 10.2. The van der Waals surface area contributed by atoms with Crippen LogP contribution in [0.15, 0.2) is 79.0 Å². The zero-order chi connectivity index (χ0) is 20.5. The molecule has 0 fully saturated rings. The number of hydrogen-bond acceptors (Lipinski definition) is 4. The Balaban J connectivity index is 1.65. The summed E-state index contributed by atoms with van der Waals surface area (Å²) in [4.78, 5) is 30.2. The van der Waals surface area contributed by atoms with E-state index in [1.807, 2.05) is 66.7 Å². The minimum absolute atomic E-state index is 0.150. The number of anilines is 1. The highest BCUT2D eigenvalue weighted by Crippen LogP contribution is 2.32. The van der Waals surface area contributed by atoms with Crippen molar-refractivity contribution in [3.8, 4) is 11.5 Å². The van der Waals surface area contributed by atoms with E-state index in [0.717, 1.165) is 5.69 Å². The molecule has 6 heteroatoms. The Kier molecular flexibility index (Phi) is 6.95. The topological polar surface area (TPSA) is 71.5 Å². The minimum Gasteiger partial charge on any atom is -0.455 e. The number of amides is 2. The molecule has 1 aromatic heterocycles. The largest absolute Gasteiger partial charge is 0.455 e. The van der Waals surface area contributed by atoms with Crippen LogP contribution < -0.4 is 15.0 Å². The molecule has 1 heterocycles. The van der Waals surface area contributed by atoms with Crippen LogP contribution in [0.2, 0.25) is 0 Å². The van der Waals surface area contributed by atoms with Crippen molar-refractivity contribution in [2.75, 3.05) is 11.4 Å². The fourth-order valence-electron chi connectivity index (χ4n) is 2.82. The number of rotatable bonds is 8. The van der Waals surface area contributed by atoms with Gasteiger partial charge < -0.3 is 15.0 Å². The summed E-state index contributed by atoms with van der Waals surface area (Å²) < 4.78 is 5.95. The number of nitrogens with one attached hydrogen (secondary N) is 1. The number of benzene rings is 2. The standard InChI is InChI=1S/C23H23N3O3/c1-18(27)26(16-14-23(28)25-17-19-9-7-8-15-24-19)21-12-5-6-13-22(21)29-20-10-3-2-4-11-20/h2-13,15H,14,16-17H2,1H3,(H,25,28). The SMILES string of the molecule is CC(=O)N(CCC(=O)NCc1ccccn1)c1ccccc1Oc1ccccc1. The molecule has 0 atom stereocenters. The van der Waals surface area contributed by atoms with Gasteiger partial charge in [0.1, 0.15) is 5.75 Å². The molecule has 0 bridgehead atoms. The number of ether oxygens (including phenoxy) is 1. The van der Waals surface area contributed by atoms with Gasteiger partial charge in [-0.15, -0.1) is 0 Å². The molecule has 3 aromatic rings. The van der Waals surface area contributed by atoms with Gasteiger partial charge in [-0.05, 0) is 36.4 Å². The molecule has 0 aliphatic rings. The highest BCUT2D eigenvalue weighted by atomic mass is 16.5. The van der Waals surface area contributed by atoms with Crippen LogP contribution in [0.1, 0.15) is 19.0 Å². The summed E-state index contributed by atoms with van der Waals surface area (Å²) in [5.74, 6) is 0.925. The van der Waals surface area contributed by atoms with E-state index in [1.165, 1.54) is 6.92 Å². The van der Waals surface area contributed by atoms with Crippen molar-refractivity contribution in [2.24, 2.45) is 0 Å². The number of aromatic nitrogens is 1. The summed E-state index contributed by atoms with van der Waals surface area (Å²) in [6.07, 6.45) is 1.86. The number of hydrogen-bond donors (Lipinski definition) is 1. The van der Waals surface area contributed by atoms with Gasteiger partial charge in [0.25, 0.3) is 0 Å². The Labute approximate surface area is 170 Å². The molecule has 2 amide bonds. The first-order valence-electron chi connectivity index (χ1n) is 9.40. The van der Waals surface area contributed by atoms with E-state index in [1.54, 1.807) is 17.2 Å². The second-order valence-electron chi connectivity index (χ2n) is 6.40. The van der Waals surface area contributed by atoms with Crippen LogP contribution in [0.4, 0.5) is 5.69 Å². The van der Waals surface area contributed by atoms with Gasteiger partial charge in [0, 0.05) is 26.1 Å². The fraction of sp³-hybridized carbons (Fsp3) is 0.174. The quantitative estimate of drug-likeness (QED) is 0.634. The zero-order valence-corrected chi connectivity index (χ0v) is 16.2. The van der Waals surface area contributed by atoms with Gasteiger partial charge in [-0.2, -0.15) is 0 Å². The van der Waals surface area contributed by atoms with Crippen molar-refractivity contribution in [2.45, 2.75) is 19.9 Å². The van der Waals surface area contributed by atoms with Gasteiger partial charge in [0.2, 0.25) is 11.8 Å². The van der Waals surface area contributed by atoms with Gasteiger partial charge in [-0.3, -0.25) is 14.6 Å². The number of para-hydroxylation sites is 3.